The number of nitrogens with zero attached hydrogens (tertiary/aromatic N) is 1. The summed E-state index contributed by atoms with van der Waals surface area (Å²) in [6.07, 6.45) is 0. The first-order chi connectivity index (χ1) is 2.00. The van der Waals surface area contributed by atoms with Gasteiger partial charge in [0, 0.05) is 17.6 Å². The average molecular weight is 164 g/mol. The standard InChI is InChI=1S/C4H12N.Ge.H2O/c1-5(2,3)4;;/h1-4H3;;1H2/q+1;;/p-1. The van der Waals surface area contributed by atoms with Gasteiger partial charge < -0.3 is 9.96 Å². The van der Waals surface area contributed by atoms with Gasteiger partial charge in [-0.05, 0) is 0 Å². The Bertz CT molecular complexity index is 27.2. The Balaban J connectivity index is -0.0000000800. The van der Waals surface area contributed by atoms with Gasteiger partial charge in [0.25, 0.3) is 0 Å². The van der Waals surface area contributed by atoms with E-state index in [4.69, 9.17) is 0 Å². The average Bonchev–Trinajstić information content (AvgIpc) is 0.722. The Morgan fingerprint density at radius 3 is 0.857 bits per heavy atom. The van der Waals surface area contributed by atoms with Crippen molar-refractivity contribution in [3.63, 3.8) is 0 Å². The van der Waals surface area contributed by atoms with E-state index < -0.39 is 0 Å². The molecule has 0 saturated heterocycles. The first-order valence-corrected chi connectivity index (χ1v) is 1.79. The minimum atomic E-state index is 0. The minimum Gasteiger partial charge on any atom is -0.870 e. The summed E-state index contributed by atoms with van der Waals surface area (Å²) < 4.78 is 1.00. The summed E-state index contributed by atoms with van der Waals surface area (Å²) in [4.78, 5) is 0. The number of hydrogen-bond donors (Lipinski definition) is 0. The van der Waals surface area contributed by atoms with Crippen molar-refractivity contribution in [2.45, 2.75) is 0 Å². The SMILES string of the molecule is C[N+](C)(C)C.[Ge].[OH-]. The molecule has 0 aliphatic rings. The van der Waals surface area contributed by atoms with Crippen LogP contribution in [0.2, 0.25) is 0 Å². The topological polar surface area (TPSA) is 30.0 Å². The van der Waals surface area contributed by atoms with Gasteiger partial charge >= 0.3 is 0 Å². The molecule has 0 bridgehead atoms. The molecule has 0 aliphatic heterocycles. The van der Waals surface area contributed by atoms with Crippen molar-refractivity contribution in [2.24, 2.45) is 0 Å². The molecule has 0 aromatic rings. The van der Waals surface area contributed by atoms with Crippen molar-refractivity contribution in [2.75, 3.05) is 28.2 Å². The molecule has 0 saturated carbocycles. The molecule has 0 unspecified atom stereocenters. The van der Waals surface area contributed by atoms with E-state index in [0.717, 1.165) is 4.48 Å². The van der Waals surface area contributed by atoms with Crippen molar-refractivity contribution in [1.29, 1.82) is 0 Å². The van der Waals surface area contributed by atoms with E-state index in [1.807, 2.05) is 0 Å². The molecule has 0 atom stereocenters. The van der Waals surface area contributed by atoms with Crippen LogP contribution in [0.15, 0.2) is 0 Å². The summed E-state index contributed by atoms with van der Waals surface area (Å²) in [5.74, 6) is 0. The molecule has 0 spiro atoms. The molecule has 3 heteroatoms. The third-order valence-corrected chi connectivity index (χ3v) is 0. The Morgan fingerprint density at radius 2 is 0.857 bits per heavy atom. The van der Waals surface area contributed by atoms with Gasteiger partial charge in [-0.15, -0.1) is 0 Å². The van der Waals surface area contributed by atoms with Gasteiger partial charge in [-0.3, -0.25) is 0 Å². The number of quaternary nitrogens is 1. The van der Waals surface area contributed by atoms with Crippen LogP contribution in [-0.4, -0.2) is 55.7 Å². The maximum atomic E-state index is 2.12. The van der Waals surface area contributed by atoms with Gasteiger partial charge in [-0.1, -0.05) is 0 Å². The fraction of sp³-hybridized carbons (Fsp3) is 1.00. The van der Waals surface area contributed by atoms with Gasteiger partial charge in [0.1, 0.15) is 0 Å². The zero-order valence-electron chi connectivity index (χ0n) is 5.39. The van der Waals surface area contributed by atoms with Crippen molar-refractivity contribution in [1.82, 2.24) is 0 Å². The van der Waals surface area contributed by atoms with Crippen LogP contribution in [0, 0.1) is 0 Å². The fourth-order valence-corrected chi connectivity index (χ4v) is 0. The summed E-state index contributed by atoms with van der Waals surface area (Å²) >= 11 is 0. The van der Waals surface area contributed by atoms with Crippen LogP contribution >= 0.6 is 0 Å². The van der Waals surface area contributed by atoms with Gasteiger partial charge in [-0.25, -0.2) is 0 Å². The zero-order chi connectivity index (χ0) is 4.50. The Kier molecular flexibility index (Phi) is 10.3. The van der Waals surface area contributed by atoms with Crippen molar-refractivity contribution in [3.05, 3.63) is 0 Å². The van der Waals surface area contributed by atoms with Crippen LogP contribution in [-0.2, 0) is 0 Å². The number of hydrogen-bond acceptors (Lipinski definition) is 1. The minimum absolute atomic E-state index is 0. The molecule has 0 fully saturated rings. The molecule has 44 valence electrons. The van der Waals surface area contributed by atoms with Crippen LogP contribution in [0.3, 0.4) is 0 Å². The van der Waals surface area contributed by atoms with Crippen molar-refractivity contribution >= 4 is 17.6 Å². The van der Waals surface area contributed by atoms with Crippen molar-refractivity contribution < 1.29 is 9.96 Å². The monoisotopic (exact) mass is 165 g/mol. The van der Waals surface area contributed by atoms with E-state index in [-0.39, 0.29) is 23.1 Å². The molecule has 1 N–H and O–H groups in total. The molecule has 7 heavy (non-hydrogen) atoms. The van der Waals surface area contributed by atoms with Gasteiger partial charge in [0.05, 0.1) is 28.2 Å². The molecular weight excluding hydrogens is 151 g/mol. The van der Waals surface area contributed by atoms with Gasteiger partial charge in [-0.2, -0.15) is 0 Å². The second kappa shape index (κ2) is 4.62. The van der Waals surface area contributed by atoms with E-state index in [0.29, 0.717) is 0 Å². The quantitative estimate of drug-likeness (QED) is 0.359. The van der Waals surface area contributed by atoms with Gasteiger partial charge in [0.15, 0.2) is 0 Å². The summed E-state index contributed by atoms with van der Waals surface area (Å²) in [6.45, 7) is 0. The largest absolute Gasteiger partial charge is 0.870 e. The maximum Gasteiger partial charge on any atom is 0.0675 e. The summed E-state index contributed by atoms with van der Waals surface area (Å²) in [6, 6.07) is 0. The van der Waals surface area contributed by atoms with E-state index in [1.165, 1.54) is 0 Å². The van der Waals surface area contributed by atoms with E-state index in [9.17, 15) is 0 Å². The molecule has 0 aromatic carbocycles. The summed E-state index contributed by atoms with van der Waals surface area (Å²) in [5.41, 5.74) is 0. The Labute approximate surface area is 56.4 Å². The molecule has 0 heterocycles. The zero-order valence-corrected chi connectivity index (χ0v) is 7.49. The van der Waals surface area contributed by atoms with Crippen molar-refractivity contribution in [3.8, 4) is 0 Å². The van der Waals surface area contributed by atoms with E-state index in [2.05, 4.69) is 28.2 Å². The molecule has 4 radical (unpaired) electrons. The normalized spacial score (nSPS) is 8.57. The number of rotatable bonds is 0. The molecular formula is C4H13GeNO. The molecule has 0 amide bonds. The van der Waals surface area contributed by atoms with Gasteiger partial charge in [0.2, 0.25) is 0 Å². The van der Waals surface area contributed by atoms with Crippen LogP contribution in [0.5, 0.6) is 0 Å². The smallest absolute Gasteiger partial charge is 0.0675 e. The van der Waals surface area contributed by atoms with E-state index >= 15 is 0 Å². The Hall–Kier alpha value is 0.463. The van der Waals surface area contributed by atoms with Crippen LogP contribution < -0.4 is 0 Å². The molecule has 2 nitrogen and oxygen atoms in total. The molecule has 0 aliphatic carbocycles. The Morgan fingerprint density at radius 1 is 0.857 bits per heavy atom. The predicted octanol–water partition coefficient (Wildman–Crippen LogP) is -0.235. The first kappa shape index (κ1) is 15.7. The second-order valence-corrected chi connectivity index (χ2v) is 2.68. The third-order valence-electron chi connectivity index (χ3n) is 0. The fourth-order valence-electron chi connectivity index (χ4n) is 0. The predicted molar refractivity (Wildman–Crippen MR) is 31.6 cm³/mol. The second-order valence-electron chi connectivity index (χ2n) is 2.68. The van der Waals surface area contributed by atoms with Crippen LogP contribution in [0.4, 0.5) is 0 Å². The van der Waals surface area contributed by atoms with Crippen LogP contribution in [0.1, 0.15) is 0 Å². The molecule has 0 aromatic heterocycles. The summed E-state index contributed by atoms with van der Waals surface area (Å²) in [5, 5.41) is 0. The van der Waals surface area contributed by atoms with Crippen LogP contribution in [0.25, 0.3) is 0 Å². The van der Waals surface area contributed by atoms with E-state index in [1.54, 1.807) is 0 Å². The maximum absolute atomic E-state index is 2.12. The third kappa shape index (κ3) is 601. The first-order valence-electron chi connectivity index (χ1n) is 1.79. The molecule has 0 rings (SSSR count). The summed E-state index contributed by atoms with van der Waals surface area (Å²) in [7, 11) is 8.50.